The average molecular weight is 425 g/mol. The monoisotopic (exact) mass is 424 g/mol. The minimum atomic E-state index is -0.478. The zero-order chi connectivity index (χ0) is 22.1. The summed E-state index contributed by atoms with van der Waals surface area (Å²) < 4.78 is 3.18. The van der Waals surface area contributed by atoms with Gasteiger partial charge in [0, 0.05) is 13.6 Å². The van der Waals surface area contributed by atoms with Gasteiger partial charge in [-0.25, -0.2) is 10.2 Å². The Morgan fingerprint density at radius 1 is 1.03 bits per heavy atom. The molecule has 0 atom stereocenters. The Hall–Kier alpha value is -3.16. The Kier molecular flexibility index (Phi) is 8.20. The maximum atomic E-state index is 12.5. The van der Waals surface area contributed by atoms with Crippen LogP contribution in [0.4, 0.5) is 5.95 Å². The Balaban J connectivity index is 1.74. The number of aryl methyl sites for hydroxylation is 2. The summed E-state index contributed by atoms with van der Waals surface area (Å²) in [6.07, 6.45) is 11.3. The normalized spacial score (nSPS) is 11.5. The minimum absolute atomic E-state index is 0.353. The lowest BCUT2D eigenvalue weighted by atomic mass is 10.1. The second-order valence-corrected chi connectivity index (χ2v) is 7.83. The van der Waals surface area contributed by atoms with Crippen molar-refractivity contribution in [3.05, 3.63) is 56.7 Å². The summed E-state index contributed by atoms with van der Waals surface area (Å²) in [6, 6.07) is 9.72. The first-order chi connectivity index (χ1) is 15.1. The third-order valence-electron chi connectivity index (χ3n) is 5.42. The predicted octanol–water partition coefficient (Wildman–Crippen LogP) is 4.01. The molecule has 0 aliphatic carbocycles. The maximum Gasteiger partial charge on any atom is 0.329 e. The highest BCUT2D eigenvalue weighted by atomic mass is 16.2. The summed E-state index contributed by atoms with van der Waals surface area (Å²) >= 11 is 0. The van der Waals surface area contributed by atoms with Crippen molar-refractivity contribution >= 4 is 23.3 Å². The van der Waals surface area contributed by atoms with Crippen LogP contribution in [0.2, 0.25) is 0 Å². The highest BCUT2D eigenvalue weighted by molar-refractivity contribution is 5.80. The molecule has 31 heavy (non-hydrogen) atoms. The fraction of sp³-hybridized carbons (Fsp3) is 0.478. The van der Waals surface area contributed by atoms with E-state index in [0.717, 1.165) is 18.4 Å². The van der Waals surface area contributed by atoms with Gasteiger partial charge in [0.1, 0.15) is 0 Å². The zero-order valence-corrected chi connectivity index (χ0v) is 18.4. The van der Waals surface area contributed by atoms with E-state index in [4.69, 9.17) is 0 Å². The highest BCUT2D eigenvalue weighted by Crippen LogP contribution is 2.17. The third kappa shape index (κ3) is 5.93. The molecule has 0 saturated carbocycles. The van der Waals surface area contributed by atoms with Crippen molar-refractivity contribution < 1.29 is 0 Å². The predicted molar refractivity (Wildman–Crippen MR) is 126 cm³/mol. The molecule has 3 rings (SSSR count). The second-order valence-electron chi connectivity index (χ2n) is 7.83. The van der Waals surface area contributed by atoms with Gasteiger partial charge in [0.15, 0.2) is 11.2 Å². The van der Waals surface area contributed by atoms with Crippen LogP contribution in [-0.4, -0.2) is 25.3 Å². The number of anilines is 1. The van der Waals surface area contributed by atoms with E-state index in [2.05, 4.69) is 27.4 Å². The van der Waals surface area contributed by atoms with Crippen LogP contribution in [0.3, 0.4) is 0 Å². The van der Waals surface area contributed by atoms with Gasteiger partial charge in [-0.15, -0.1) is 0 Å². The molecule has 0 aliphatic rings. The molecule has 166 valence electrons. The summed E-state index contributed by atoms with van der Waals surface area (Å²) in [4.78, 5) is 31.4. The zero-order valence-electron chi connectivity index (χ0n) is 18.4. The number of fused-ring (bicyclic) bond motifs is 1. The molecule has 0 bridgehead atoms. The number of hydrogen-bond acceptors (Lipinski definition) is 5. The third-order valence-corrected chi connectivity index (χ3v) is 5.42. The van der Waals surface area contributed by atoms with Crippen LogP contribution in [0.5, 0.6) is 0 Å². The number of benzene rings is 1. The first kappa shape index (κ1) is 22.5. The molecule has 0 saturated heterocycles. The van der Waals surface area contributed by atoms with Crippen molar-refractivity contribution in [1.82, 2.24) is 19.1 Å². The number of nitrogens with zero attached hydrogens (tertiary/aromatic N) is 4. The molecular weight excluding hydrogens is 392 g/mol. The number of imidazole rings is 1. The van der Waals surface area contributed by atoms with Gasteiger partial charge in [-0.2, -0.15) is 10.1 Å². The molecule has 3 aromatic rings. The molecule has 0 unspecified atom stereocenters. The van der Waals surface area contributed by atoms with E-state index in [0.29, 0.717) is 23.7 Å². The number of aromatic nitrogens is 4. The molecule has 0 fully saturated rings. The molecule has 2 heterocycles. The van der Waals surface area contributed by atoms with Gasteiger partial charge in [-0.05, 0) is 12.0 Å². The minimum Gasteiger partial charge on any atom is -0.303 e. The van der Waals surface area contributed by atoms with Gasteiger partial charge in [0.05, 0.1) is 6.21 Å². The van der Waals surface area contributed by atoms with Crippen LogP contribution in [0.15, 0.2) is 45.0 Å². The SMILES string of the molecule is CCCCCCCCCCn1c(NN=Cc2ccccc2)nc2c1c(=O)[nH]c(=O)n2C. The van der Waals surface area contributed by atoms with E-state index in [1.165, 1.54) is 43.1 Å². The van der Waals surface area contributed by atoms with Crippen molar-refractivity contribution in [3.8, 4) is 0 Å². The fourth-order valence-electron chi connectivity index (χ4n) is 3.65. The van der Waals surface area contributed by atoms with E-state index < -0.39 is 11.2 Å². The molecule has 2 aromatic heterocycles. The van der Waals surface area contributed by atoms with E-state index in [1.54, 1.807) is 13.3 Å². The molecule has 8 heteroatoms. The Morgan fingerprint density at radius 2 is 1.71 bits per heavy atom. The maximum absolute atomic E-state index is 12.5. The van der Waals surface area contributed by atoms with Gasteiger partial charge in [0.2, 0.25) is 5.95 Å². The Labute approximate surface area is 182 Å². The molecule has 0 amide bonds. The van der Waals surface area contributed by atoms with E-state index in [1.807, 2.05) is 34.9 Å². The number of nitrogens with one attached hydrogen (secondary N) is 2. The van der Waals surface area contributed by atoms with Gasteiger partial charge in [-0.1, -0.05) is 82.2 Å². The van der Waals surface area contributed by atoms with Gasteiger partial charge in [-0.3, -0.25) is 14.3 Å². The lowest BCUT2D eigenvalue weighted by molar-refractivity contribution is 0.549. The molecule has 0 spiro atoms. The molecule has 1 aromatic carbocycles. The van der Waals surface area contributed by atoms with Crippen LogP contribution in [0, 0.1) is 0 Å². The van der Waals surface area contributed by atoms with Gasteiger partial charge < -0.3 is 4.57 Å². The number of unbranched alkanes of at least 4 members (excludes halogenated alkanes) is 7. The molecule has 0 radical (unpaired) electrons. The Bertz CT molecular complexity index is 1110. The van der Waals surface area contributed by atoms with Crippen LogP contribution in [-0.2, 0) is 13.6 Å². The van der Waals surface area contributed by atoms with Gasteiger partial charge in [0.25, 0.3) is 5.56 Å². The summed E-state index contributed by atoms with van der Waals surface area (Å²) in [5.41, 5.74) is 3.74. The van der Waals surface area contributed by atoms with Crippen molar-refractivity contribution in [2.24, 2.45) is 12.1 Å². The number of H-pyrrole nitrogens is 1. The first-order valence-electron chi connectivity index (χ1n) is 11.2. The van der Waals surface area contributed by atoms with Crippen molar-refractivity contribution in [3.63, 3.8) is 0 Å². The van der Waals surface area contributed by atoms with E-state index >= 15 is 0 Å². The lowest BCUT2D eigenvalue weighted by Crippen LogP contribution is -2.29. The average Bonchev–Trinajstić information content (AvgIpc) is 3.14. The van der Waals surface area contributed by atoms with Gasteiger partial charge >= 0.3 is 5.69 Å². The largest absolute Gasteiger partial charge is 0.329 e. The van der Waals surface area contributed by atoms with Crippen LogP contribution < -0.4 is 16.7 Å². The van der Waals surface area contributed by atoms with Crippen LogP contribution in [0.25, 0.3) is 11.2 Å². The molecule has 0 aliphatic heterocycles. The van der Waals surface area contributed by atoms with Crippen LogP contribution in [0.1, 0.15) is 63.9 Å². The smallest absolute Gasteiger partial charge is 0.303 e. The summed E-state index contributed by atoms with van der Waals surface area (Å²) in [5.74, 6) is 0.455. The van der Waals surface area contributed by atoms with Crippen LogP contribution >= 0.6 is 0 Å². The topological polar surface area (TPSA) is 97.1 Å². The summed E-state index contributed by atoms with van der Waals surface area (Å²) in [7, 11) is 1.60. The highest BCUT2D eigenvalue weighted by Gasteiger charge is 2.16. The molecule has 8 nitrogen and oxygen atoms in total. The summed E-state index contributed by atoms with van der Waals surface area (Å²) in [6.45, 7) is 2.86. The number of rotatable bonds is 12. The standard InChI is InChI=1S/C23H32N6O2/c1-3-4-5-6-7-8-9-13-16-29-19-20(28(2)23(31)26-21(19)30)25-22(29)27-24-17-18-14-11-10-12-15-18/h10-12,14-15,17H,3-9,13,16H2,1-2H3,(H,25,27)(H,26,30,31). The molecule has 2 N–H and O–H groups in total. The first-order valence-corrected chi connectivity index (χ1v) is 11.2. The number of hydrazone groups is 1. The second kappa shape index (κ2) is 11.3. The lowest BCUT2D eigenvalue weighted by Gasteiger charge is -2.08. The van der Waals surface area contributed by atoms with Crippen molar-refractivity contribution in [2.75, 3.05) is 5.43 Å². The number of hydrogen-bond donors (Lipinski definition) is 2. The summed E-state index contributed by atoms with van der Waals surface area (Å²) in [5, 5.41) is 4.28. The Morgan fingerprint density at radius 3 is 2.42 bits per heavy atom. The number of aromatic amines is 1. The van der Waals surface area contributed by atoms with Crippen molar-refractivity contribution in [2.45, 2.75) is 64.8 Å². The van der Waals surface area contributed by atoms with E-state index in [9.17, 15) is 9.59 Å². The van der Waals surface area contributed by atoms with Crippen molar-refractivity contribution in [1.29, 1.82) is 0 Å². The quantitative estimate of drug-likeness (QED) is 0.261. The molecular formula is C23H32N6O2. The fourth-order valence-corrected chi connectivity index (χ4v) is 3.65. The van der Waals surface area contributed by atoms with E-state index in [-0.39, 0.29) is 0 Å².